The van der Waals surface area contributed by atoms with Crippen LogP contribution in [0.15, 0.2) is 29.2 Å². The van der Waals surface area contributed by atoms with Crippen LogP contribution >= 0.6 is 0 Å². The summed E-state index contributed by atoms with van der Waals surface area (Å²) >= 11 is 0. The maximum absolute atomic E-state index is 11.3. The fourth-order valence-electron chi connectivity index (χ4n) is 1.06. The van der Waals surface area contributed by atoms with Crippen molar-refractivity contribution in [3.8, 4) is 0 Å². The van der Waals surface area contributed by atoms with E-state index in [1.165, 1.54) is 18.2 Å². The summed E-state index contributed by atoms with van der Waals surface area (Å²) in [6.07, 6.45) is 0. The second-order valence-electron chi connectivity index (χ2n) is 2.67. The molecular weight excluding hydrogens is 243 g/mol. The van der Waals surface area contributed by atoms with E-state index in [4.69, 9.17) is 0 Å². The number of esters is 1. The zero-order valence-electron chi connectivity index (χ0n) is 8.97. The van der Waals surface area contributed by atoms with E-state index in [0.29, 0.717) is 0 Å². The predicted octanol–water partition coefficient (Wildman–Crippen LogP) is -2.23. The first-order valence-corrected chi connectivity index (χ1v) is 5.59. The first-order chi connectivity index (χ1) is 6.96. The largest absolute Gasteiger partial charge is 1.00 e. The summed E-state index contributed by atoms with van der Waals surface area (Å²) in [5, 5.41) is 0. The number of benzene rings is 1. The van der Waals surface area contributed by atoms with Gasteiger partial charge in [-0.2, -0.15) is 0 Å². The Balaban J connectivity index is 0.00000225. The van der Waals surface area contributed by atoms with Crippen LogP contribution in [0.5, 0.6) is 0 Å². The van der Waals surface area contributed by atoms with Gasteiger partial charge in [0.1, 0.15) is 10.1 Å². The summed E-state index contributed by atoms with van der Waals surface area (Å²) in [6, 6.07) is 5.14. The molecule has 0 unspecified atom stereocenters. The van der Waals surface area contributed by atoms with Crippen molar-refractivity contribution in [2.45, 2.75) is 11.8 Å². The van der Waals surface area contributed by atoms with Gasteiger partial charge in [-0.05, 0) is 19.1 Å². The number of rotatable bonds is 3. The zero-order valence-corrected chi connectivity index (χ0v) is 11.8. The van der Waals surface area contributed by atoms with Crippen molar-refractivity contribution in [1.82, 2.24) is 0 Å². The molecule has 0 aliphatic carbocycles. The molecule has 1 aromatic carbocycles. The number of hydrogen-bond donors (Lipinski definition) is 0. The Kier molecular flexibility index (Phi) is 6.20. The van der Waals surface area contributed by atoms with Crippen LogP contribution in [0, 0.1) is 0 Å². The van der Waals surface area contributed by atoms with E-state index in [-0.39, 0.29) is 41.7 Å². The Bertz CT molecular complexity index is 469. The van der Waals surface area contributed by atoms with E-state index in [1.54, 1.807) is 6.92 Å². The van der Waals surface area contributed by atoms with E-state index in [2.05, 4.69) is 4.74 Å². The third-order valence-corrected chi connectivity index (χ3v) is 2.55. The molecule has 0 radical (unpaired) electrons. The standard InChI is InChI=1S/C9H10O5S.Na/c1-2-14-9(10)7-5-3-4-6-8(7)15(11,12)13;/h3-6H,2H2,1H3,(H,11,12,13);/q;+1/p-1. The second kappa shape index (κ2) is 6.36. The molecule has 0 N–H and O–H groups in total. The maximum Gasteiger partial charge on any atom is 1.00 e. The fourth-order valence-corrected chi connectivity index (χ4v) is 1.73. The van der Waals surface area contributed by atoms with Crippen molar-refractivity contribution in [1.29, 1.82) is 0 Å². The minimum Gasteiger partial charge on any atom is -0.744 e. The monoisotopic (exact) mass is 252 g/mol. The average Bonchev–Trinajstić information content (AvgIpc) is 2.17. The van der Waals surface area contributed by atoms with Crippen molar-refractivity contribution in [2.75, 3.05) is 6.61 Å². The molecule has 16 heavy (non-hydrogen) atoms. The van der Waals surface area contributed by atoms with Gasteiger partial charge in [-0.3, -0.25) is 0 Å². The fraction of sp³-hybridized carbons (Fsp3) is 0.222. The molecule has 0 spiro atoms. The van der Waals surface area contributed by atoms with Gasteiger partial charge in [-0.15, -0.1) is 0 Å². The van der Waals surface area contributed by atoms with Crippen molar-refractivity contribution < 1.29 is 52.1 Å². The third-order valence-electron chi connectivity index (χ3n) is 1.65. The van der Waals surface area contributed by atoms with Crippen molar-refractivity contribution in [3.05, 3.63) is 29.8 Å². The van der Waals surface area contributed by atoms with E-state index in [0.717, 1.165) is 6.07 Å². The van der Waals surface area contributed by atoms with Crippen LogP contribution in [-0.2, 0) is 14.9 Å². The summed E-state index contributed by atoms with van der Waals surface area (Å²) in [7, 11) is -4.65. The van der Waals surface area contributed by atoms with Crippen LogP contribution in [0.1, 0.15) is 17.3 Å². The van der Waals surface area contributed by atoms with Crippen LogP contribution in [0.4, 0.5) is 0 Å². The molecule has 0 aliphatic heterocycles. The maximum atomic E-state index is 11.3. The van der Waals surface area contributed by atoms with E-state index in [9.17, 15) is 17.8 Å². The zero-order chi connectivity index (χ0) is 11.5. The van der Waals surface area contributed by atoms with Crippen molar-refractivity contribution >= 4 is 16.1 Å². The van der Waals surface area contributed by atoms with Crippen molar-refractivity contribution in [2.24, 2.45) is 0 Å². The molecule has 0 saturated carbocycles. The molecule has 0 heterocycles. The average molecular weight is 252 g/mol. The summed E-state index contributed by atoms with van der Waals surface area (Å²) in [5.74, 6) is -0.812. The normalized spacial score (nSPS) is 10.4. The first-order valence-electron chi connectivity index (χ1n) is 4.19. The van der Waals surface area contributed by atoms with Gasteiger partial charge in [0.15, 0.2) is 0 Å². The van der Waals surface area contributed by atoms with Gasteiger partial charge in [0, 0.05) is 0 Å². The van der Waals surface area contributed by atoms with Gasteiger partial charge in [0.25, 0.3) is 0 Å². The molecule has 1 rings (SSSR count). The predicted molar refractivity (Wildman–Crippen MR) is 50.4 cm³/mol. The van der Waals surface area contributed by atoms with Crippen LogP contribution in [-0.4, -0.2) is 25.5 Å². The van der Waals surface area contributed by atoms with Gasteiger partial charge in [-0.25, -0.2) is 13.2 Å². The second-order valence-corrected chi connectivity index (χ2v) is 4.02. The van der Waals surface area contributed by atoms with E-state index < -0.39 is 21.0 Å². The summed E-state index contributed by atoms with van der Waals surface area (Å²) < 4.78 is 37.0. The third kappa shape index (κ3) is 3.88. The minimum absolute atomic E-state index is 0. The molecule has 0 aromatic heterocycles. The summed E-state index contributed by atoms with van der Waals surface area (Å²) in [6.45, 7) is 1.71. The molecule has 0 bridgehead atoms. The molecule has 5 nitrogen and oxygen atoms in total. The smallest absolute Gasteiger partial charge is 0.744 e. The molecule has 7 heteroatoms. The van der Waals surface area contributed by atoms with Gasteiger partial charge in [0.05, 0.1) is 17.1 Å². The van der Waals surface area contributed by atoms with Gasteiger partial charge >= 0.3 is 35.5 Å². The van der Waals surface area contributed by atoms with Crippen LogP contribution in [0.2, 0.25) is 0 Å². The first kappa shape index (κ1) is 15.6. The number of ether oxygens (including phenoxy) is 1. The minimum atomic E-state index is -4.65. The SMILES string of the molecule is CCOC(=O)c1ccccc1S(=O)(=O)[O-].[Na+]. The Labute approximate surface area is 116 Å². The van der Waals surface area contributed by atoms with E-state index in [1.807, 2.05) is 0 Å². The van der Waals surface area contributed by atoms with Crippen LogP contribution in [0.25, 0.3) is 0 Å². The number of carbonyl (C=O) groups excluding carboxylic acids is 1. The number of carbonyl (C=O) groups is 1. The molecular formula is C9H9NaO5S. The molecule has 0 atom stereocenters. The molecule has 82 valence electrons. The van der Waals surface area contributed by atoms with Gasteiger partial charge < -0.3 is 9.29 Å². The topological polar surface area (TPSA) is 83.5 Å². The Morgan fingerprint density at radius 1 is 1.38 bits per heavy atom. The van der Waals surface area contributed by atoms with Gasteiger partial charge in [-0.1, -0.05) is 12.1 Å². The molecule has 0 saturated heterocycles. The van der Waals surface area contributed by atoms with Crippen molar-refractivity contribution in [3.63, 3.8) is 0 Å². The summed E-state index contributed by atoms with van der Waals surface area (Å²) in [4.78, 5) is 10.7. The van der Waals surface area contributed by atoms with Crippen LogP contribution in [0.3, 0.4) is 0 Å². The molecule has 1 aromatic rings. The van der Waals surface area contributed by atoms with Gasteiger partial charge in [0.2, 0.25) is 0 Å². The molecule has 0 aliphatic rings. The molecule has 0 amide bonds. The van der Waals surface area contributed by atoms with E-state index >= 15 is 0 Å². The van der Waals surface area contributed by atoms with Crippen LogP contribution < -0.4 is 29.6 Å². The number of hydrogen-bond acceptors (Lipinski definition) is 5. The Morgan fingerprint density at radius 2 is 1.94 bits per heavy atom. The Morgan fingerprint density at radius 3 is 2.44 bits per heavy atom. The summed E-state index contributed by atoms with van der Waals surface area (Å²) in [5.41, 5.74) is -0.227. The quantitative estimate of drug-likeness (QED) is 0.345. The molecule has 0 fully saturated rings. The Hall–Kier alpha value is -0.400.